The van der Waals surface area contributed by atoms with Crippen LogP contribution in [0.15, 0.2) is 58.9 Å². The second-order valence-electron chi connectivity index (χ2n) is 7.78. The van der Waals surface area contributed by atoms with E-state index >= 15 is 0 Å². The Morgan fingerprint density at radius 3 is 2.59 bits per heavy atom. The van der Waals surface area contributed by atoms with Crippen LogP contribution in [-0.2, 0) is 20.7 Å². The van der Waals surface area contributed by atoms with Crippen molar-refractivity contribution >= 4 is 29.6 Å². The monoisotopic (exact) mass is 457 g/mol. The van der Waals surface area contributed by atoms with Gasteiger partial charge in [0.1, 0.15) is 6.29 Å². The van der Waals surface area contributed by atoms with Gasteiger partial charge in [-0.2, -0.15) is 5.53 Å². The molecule has 0 bridgehead atoms. The molecule has 9 heteroatoms. The molecule has 0 saturated carbocycles. The van der Waals surface area contributed by atoms with E-state index in [0.717, 1.165) is 23.0 Å². The van der Waals surface area contributed by atoms with Crippen LogP contribution in [0, 0.1) is 10.9 Å². The van der Waals surface area contributed by atoms with Crippen molar-refractivity contribution in [1.29, 1.82) is 5.53 Å². The number of hydrogen-bond acceptors (Lipinski definition) is 5. The number of halogens is 1. The van der Waals surface area contributed by atoms with Crippen molar-refractivity contribution < 1.29 is 14.3 Å². The van der Waals surface area contributed by atoms with Gasteiger partial charge in [0.05, 0.1) is 6.61 Å². The molecule has 0 fully saturated rings. The van der Waals surface area contributed by atoms with Crippen molar-refractivity contribution in [2.24, 2.45) is 21.5 Å². The lowest BCUT2D eigenvalue weighted by Crippen LogP contribution is -2.46. The van der Waals surface area contributed by atoms with Crippen LogP contribution in [0.5, 0.6) is 0 Å². The van der Waals surface area contributed by atoms with Gasteiger partial charge in [-0.1, -0.05) is 60.1 Å². The number of nitrogens with zero attached hydrogens (tertiary/aromatic N) is 2. The van der Waals surface area contributed by atoms with E-state index in [1.807, 2.05) is 55.5 Å². The van der Waals surface area contributed by atoms with E-state index in [-0.39, 0.29) is 6.61 Å². The maximum atomic E-state index is 12.4. The number of aldehydes is 1. The molecule has 0 saturated heterocycles. The quantitative estimate of drug-likeness (QED) is 0.155. The summed E-state index contributed by atoms with van der Waals surface area (Å²) in [6.45, 7) is 4.36. The van der Waals surface area contributed by atoms with E-state index in [2.05, 4.69) is 15.6 Å². The van der Waals surface area contributed by atoms with Crippen LogP contribution in [0.3, 0.4) is 0 Å². The number of amides is 1. The topological polar surface area (TPSA) is 130 Å². The van der Waals surface area contributed by atoms with E-state index in [9.17, 15) is 9.59 Å². The lowest BCUT2D eigenvalue weighted by Gasteiger charge is -2.29. The van der Waals surface area contributed by atoms with Gasteiger partial charge in [0, 0.05) is 23.1 Å². The number of nitrogens with two attached hydrogens (primary N) is 1. The summed E-state index contributed by atoms with van der Waals surface area (Å²) in [5.41, 5.74) is 14.5. The summed E-state index contributed by atoms with van der Waals surface area (Å²) in [6, 6.07) is 15.1. The van der Waals surface area contributed by atoms with E-state index < -0.39 is 23.2 Å². The molecule has 0 aliphatic rings. The van der Waals surface area contributed by atoms with E-state index in [1.165, 1.54) is 0 Å². The maximum absolute atomic E-state index is 12.4. The first-order valence-electron chi connectivity index (χ1n) is 10.2. The third-order valence-corrected chi connectivity index (χ3v) is 5.19. The molecule has 1 amide bonds. The fraction of sp³-hybridized carbons (Fsp3) is 0.348. The van der Waals surface area contributed by atoms with Gasteiger partial charge in [0.15, 0.2) is 0 Å². The molecular weight excluding hydrogens is 430 g/mol. The molecule has 0 spiro atoms. The SMILES string of the molecule is CCOCC(C)(C=O)CC(Cc1ccc(-c2cccc(Cl)c2)cc1)NC(=O)C(N)=NN=N. The molecule has 0 heterocycles. The second kappa shape index (κ2) is 12.1. The Hall–Kier alpha value is -3.10. The van der Waals surface area contributed by atoms with Crippen LogP contribution in [0.4, 0.5) is 0 Å². The Morgan fingerprint density at radius 2 is 2.00 bits per heavy atom. The average molecular weight is 458 g/mol. The van der Waals surface area contributed by atoms with Crippen LogP contribution in [0.2, 0.25) is 5.02 Å². The van der Waals surface area contributed by atoms with Crippen molar-refractivity contribution in [3.05, 3.63) is 59.1 Å². The molecule has 170 valence electrons. The normalized spacial score (nSPS) is 14.3. The van der Waals surface area contributed by atoms with Crippen molar-refractivity contribution in [2.75, 3.05) is 13.2 Å². The minimum atomic E-state index is -0.791. The van der Waals surface area contributed by atoms with Gasteiger partial charge >= 0.3 is 0 Å². The second-order valence-corrected chi connectivity index (χ2v) is 8.22. The Bertz CT molecular complexity index is 964. The fourth-order valence-corrected chi connectivity index (χ4v) is 3.55. The zero-order valence-corrected chi connectivity index (χ0v) is 18.9. The van der Waals surface area contributed by atoms with Crippen LogP contribution in [-0.4, -0.2) is 37.3 Å². The molecule has 0 aromatic heterocycles. The number of hydrogen-bond donors (Lipinski definition) is 3. The highest BCUT2D eigenvalue weighted by Crippen LogP contribution is 2.26. The molecule has 2 atom stereocenters. The van der Waals surface area contributed by atoms with Gasteiger partial charge < -0.3 is 20.6 Å². The Balaban J connectivity index is 2.22. The zero-order valence-electron chi connectivity index (χ0n) is 18.2. The Kier molecular flexibility index (Phi) is 9.49. The number of carbonyl (C=O) groups excluding carboxylic acids is 2. The lowest BCUT2D eigenvalue weighted by atomic mass is 9.83. The third kappa shape index (κ3) is 7.55. The predicted molar refractivity (Wildman–Crippen MR) is 125 cm³/mol. The largest absolute Gasteiger partial charge is 0.381 e. The molecule has 0 aliphatic heterocycles. The molecule has 8 nitrogen and oxygen atoms in total. The zero-order chi connectivity index (χ0) is 23.6. The molecule has 2 aromatic rings. The minimum Gasteiger partial charge on any atom is -0.381 e. The molecule has 2 unspecified atom stereocenters. The summed E-state index contributed by atoms with van der Waals surface area (Å²) in [7, 11) is 0. The minimum absolute atomic E-state index is 0.235. The smallest absolute Gasteiger partial charge is 0.288 e. The number of benzene rings is 2. The summed E-state index contributed by atoms with van der Waals surface area (Å²) in [5, 5.41) is 9.53. The van der Waals surface area contributed by atoms with Crippen LogP contribution < -0.4 is 11.1 Å². The predicted octanol–water partition coefficient (Wildman–Crippen LogP) is 3.97. The average Bonchev–Trinajstić information content (AvgIpc) is 2.78. The highest BCUT2D eigenvalue weighted by atomic mass is 35.5. The van der Waals surface area contributed by atoms with Crippen molar-refractivity contribution in [3.63, 3.8) is 0 Å². The summed E-state index contributed by atoms with van der Waals surface area (Å²) < 4.78 is 5.46. The molecular formula is C23H28ClN5O3. The van der Waals surface area contributed by atoms with Gasteiger partial charge in [-0.25, -0.2) is 0 Å². The van der Waals surface area contributed by atoms with Gasteiger partial charge in [-0.3, -0.25) is 4.79 Å². The van der Waals surface area contributed by atoms with Crippen LogP contribution >= 0.6 is 11.6 Å². The highest BCUT2D eigenvalue weighted by molar-refractivity contribution is 6.37. The number of nitrogens with one attached hydrogen (secondary N) is 2. The molecule has 4 N–H and O–H groups in total. The highest BCUT2D eigenvalue weighted by Gasteiger charge is 2.30. The standard InChI is InChI=1S/C23H28ClN5O3/c1-3-32-15-23(2,14-30)13-20(27-22(31)21(25)28-29-26)11-16-7-9-17(10-8-16)18-5-4-6-19(24)12-18/h4-10,12,14,20H,3,11,13,15H2,1-2H3,(H,27,31)(H3,25,26,28). The van der Waals surface area contributed by atoms with Crippen molar-refractivity contribution in [3.8, 4) is 11.1 Å². The Morgan fingerprint density at radius 1 is 1.28 bits per heavy atom. The third-order valence-electron chi connectivity index (χ3n) is 4.95. The van der Waals surface area contributed by atoms with Gasteiger partial charge in [0.2, 0.25) is 5.84 Å². The molecule has 2 rings (SSSR count). The lowest BCUT2D eigenvalue weighted by molar-refractivity contribution is -0.121. The Labute approximate surface area is 192 Å². The molecule has 2 aromatic carbocycles. The maximum Gasteiger partial charge on any atom is 0.288 e. The number of rotatable bonds is 11. The van der Waals surface area contributed by atoms with Crippen molar-refractivity contribution in [2.45, 2.75) is 32.7 Å². The fourth-order valence-electron chi connectivity index (χ4n) is 3.36. The molecule has 0 radical (unpaired) electrons. The first kappa shape index (κ1) is 25.2. The van der Waals surface area contributed by atoms with Gasteiger partial charge in [-0.05, 0) is 48.6 Å². The number of carbonyl (C=O) groups is 2. The van der Waals surface area contributed by atoms with Gasteiger partial charge in [0.25, 0.3) is 5.91 Å². The van der Waals surface area contributed by atoms with Gasteiger partial charge in [-0.15, -0.1) is 5.10 Å². The molecule has 32 heavy (non-hydrogen) atoms. The summed E-state index contributed by atoms with van der Waals surface area (Å²) in [4.78, 5) is 24.1. The summed E-state index contributed by atoms with van der Waals surface area (Å²) >= 11 is 6.09. The first-order chi connectivity index (χ1) is 15.3. The van der Waals surface area contributed by atoms with Crippen LogP contribution in [0.1, 0.15) is 25.8 Å². The van der Waals surface area contributed by atoms with E-state index in [4.69, 9.17) is 27.6 Å². The summed E-state index contributed by atoms with van der Waals surface area (Å²) in [5.74, 6) is -1.06. The number of ether oxygens (including phenoxy) is 1. The number of amidine groups is 1. The summed E-state index contributed by atoms with van der Waals surface area (Å²) in [6.07, 6.45) is 1.65. The van der Waals surface area contributed by atoms with E-state index in [1.54, 1.807) is 6.92 Å². The van der Waals surface area contributed by atoms with Crippen LogP contribution in [0.25, 0.3) is 11.1 Å². The molecule has 0 aliphatic carbocycles. The van der Waals surface area contributed by atoms with E-state index in [0.29, 0.717) is 24.5 Å². The first-order valence-corrected chi connectivity index (χ1v) is 10.6. The van der Waals surface area contributed by atoms with Crippen molar-refractivity contribution in [1.82, 2.24) is 5.32 Å².